The molecule has 1 N–H and O–H groups in total. The van der Waals surface area contributed by atoms with Gasteiger partial charge in [-0.15, -0.1) is 0 Å². The minimum atomic E-state index is -4.41. The Morgan fingerprint density at radius 2 is 2.16 bits per heavy atom. The van der Waals surface area contributed by atoms with Gasteiger partial charge in [-0.1, -0.05) is 5.16 Å². The molecule has 0 saturated carbocycles. The van der Waals surface area contributed by atoms with Crippen molar-refractivity contribution in [2.24, 2.45) is 0 Å². The molecule has 2 aromatic heterocycles. The minimum absolute atomic E-state index is 0.0227. The van der Waals surface area contributed by atoms with E-state index in [1.54, 1.807) is 0 Å². The fraction of sp³-hybridized carbons (Fsp3) is 0.300. The van der Waals surface area contributed by atoms with E-state index in [4.69, 9.17) is 4.52 Å². The molecule has 9 heteroatoms. The average Bonchev–Trinajstić information content (AvgIpc) is 2.76. The van der Waals surface area contributed by atoms with Gasteiger partial charge in [0.2, 0.25) is 0 Å². The fourth-order valence-electron chi connectivity index (χ4n) is 1.25. The summed E-state index contributed by atoms with van der Waals surface area (Å²) in [5.41, 5.74) is 0.240. The molecule has 0 unspecified atom stereocenters. The molecule has 0 spiro atoms. The first kappa shape index (κ1) is 13.3. The summed E-state index contributed by atoms with van der Waals surface area (Å²) in [5.74, 6) is -0.241. The molecule has 0 radical (unpaired) electrons. The number of aromatic hydroxyl groups is 1. The molecule has 0 saturated heterocycles. The normalized spacial score (nSPS) is 11.7. The van der Waals surface area contributed by atoms with Crippen LogP contribution in [0, 0.1) is 0 Å². The van der Waals surface area contributed by atoms with Crippen molar-refractivity contribution in [3.05, 3.63) is 24.3 Å². The Bertz CT molecular complexity index is 556. The van der Waals surface area contributed by atoms with Crippen LogP contribution in [0.25, 0.3) is 11.5 Å². The van der Waals surface area contributed by atoms with Crippen LogP contribution < -0.4 is 0 Å². The zero-order valence-corrected chi connectivity index (χ0v) is 9.39. The number of hydrogen-bond acceptors (Lipinski definition) is 6. The van der Waals surface area contributed by atoms with Crippen LogP contribution in [-0.4, -0.2) is 33.0 Å². The van der Waals surface area contributed by atoms with Crippen LogP contribution in [0.4, 0.5) is 13.2 Å². The van der Waals surface area contributed by atoms with Crippen molar-refractivity contribution in [3.8, 4) is 17.2 Å². The minimum Gasteiger partial charge on any atom is -0.505 e. The molecule has 0 atom stereocenters. The van der Waals surface area contributed by atoms with Gasteiger partial charge >= 0.3 is 6.18 Å². The van der Waals surface area contributed by atoms with Crippen LogP contribution in [0.5, 0.6) is 5.75 Å². The molecule has 0 bridgehead atoms. The molecule has 2 heterocycles. The van der Waals surface area contributed by atoms with Crippen molar-refractivity contribution in [1.82, 2.24) is 15.1 Å². The largest absolute Gasteiger partial charge is 0.505 e. The van der Waals surface area contributed by atoms with E-state index < -0.39 is 19.4 Å². The highest BCUT2D eigenvalue weighted by Crippen LogP contribution is 2.26. The Morgan fingerprint density at radius 1 is 1.37 bits per heavy atom. The number of ether oxygens (including phenoxy) is 1. The van der Waals surface area contributed by atoms with Gasteiger partial charge in [-0.2, -0.15) is 18.2 Å². The van der Waals surface area contributed by atoms with Gasteiger partial charge in [0.15, 0.2) is 5.82 Å². The number of alkyl halides is 3. The Kier molecular flexibility index (Phi) is 3.65. The second kappa shape index (κ2) is 5.22. The smallest absolute Gasteiger partial charge is 0.411 e. The molecular weight excluding hydrogens is 267 g/mol. The zero-order chi connectivity index (χ0) is 13.9. The Morgan fingerprint density at radius 3 is 2.84 bits per heavy atom. The molecule has 6 nitrogen and oxygen atoms in total. The van der Waals surface area contributed by atoms with Crippen molar-refractivity contribution in [2.45, 2.75) is 12.8 Å². The van der Waals surface area contributed by atoms with Crippen LogP contribution in [0.15, 0.2) is 23.0 Å². The second-order valence-electron chi connectivity index (χ2n) is 3.52. The van der Waals surface area contributed by atoms with Crippen molar-refractivity contribution in [1.29, 1.82) is 0 Å². The van der Waals surface area contributed by atoms with E-state index in [-0.39, 0.29) is 23.0 Å². The molecule has 0 aliphatic rings. The van der Waals surface area contributed by atoms with E-state index >= 15 is 0 Å². The standard InChI is InChI=1S/C10H8F3N3O3/c11-10(12,13)5-18-4-8-15-9(19-16-8)6-1-2-14-3-7(6)17/h1-3,17H,4-5H2. The van der Waals surface area contributed by atoms with E-state index in [9.17, 15) is 18.3 Å². The molecule has 0 aliphatic carbocycles. The van der Waals surface area contributed by atoms with Crippen LogP contribution >= 0.6 is 0 Å². The number of pyridine rings is 1. The van der Waals surface area contributed by atoms with Gasteiger partial charge in [-0.05, 0) is 6.07 Å². The molecule has 19 heavy (non-hydrogen) atoms. The molecule has 102 valence electrons. The lowest BCUT2D eigenvalue weighted by atomic mass is 10.2. The molecular formula is C10H8F3N3O3. The first-order valence-electron chi connectivity index (χ1n) is 5.06. The van der Waals surface area contributed by atoms with Gasteiger partial charge in [0.05, 0.1) is 11.8 Å². The molecule has 2 rings (SSSR count). The van der Waals surface area contributed by atoms with E-state index in [0.717, 1.165) is 0 Å². The van der Waals surface area contributed by atoms with E-state index in [1.165, 1.54) is 18.5 Å². The van der Waals surface area contributed by atoms with Gasteiger partial charge in [0, 0.05) is 6.20 Å². The Labute approximate surface area is 104 Å². The van der Waals surface area contributed by atoms with Crippen LogP contribution in [0.1, 0.15) is 5.82 Å². The van der Waals surface area contributed by atoms with E-state index in [0.29, 0.717) is 0 Å². The van der Waals surface area contributed by atoms with Crippen LogP contribution in [0.2, 0.25) is 0 Å². The zero-order valence-electron chi connectivity index (χ0n) is 9.39. The van der Waals surface area contributed by atoms with Crippen LogP contribution in [0.3, 0.4) is 0 Å². The summed E-state index contributed by atoms with van der Waals surface area (Å²) in [7, 11) is 0. The third-order valence-corrected chi connectivity index (χ3v) is 2.00. The summed E-state index contributed by atoms with van der Waals surface area (Å²) in [5, 5.41) is 12.9. The average molecular weight is 275 g/mol. The summed E-state index contributed by atoms with van der Waals surface area (Å²) >= 11 is 0. The topological polar surface area (TPSA) is 81.3 Å². The fourth-order valence-corrected chi connectivity index (χ4v) is 1.25. The maximum atomic E-state index is 11.9. The monoisotopic (exact) mass is 275 g/mol. The summed E-state index contributed by atoms with van der Waals surface area (Å²) in [6.07, 6.45) is -1.83. The second-order valence-corrected chi connectivity index (χ2v) is 3.52. The number of aromatic nitrogens is 3. The maximum absolute atomic E-state index is 11.9. The number of hydrogen-bond donors (Lipinski definition) is 1. The Hall–Kier alpha value is -2.16. The lowest BCUT2D eigenvalue weighted by molar-refractivity contribution is -0.177. The van der Waals surface area contributed by atoms with Gasteiger partial charge < -0.3 is 14.4 Å². The van der Waals surface area contributed by atoms with Gasteiger partial charge in [-0.25, -0.2) is 0 Å². The Balaban J connectivity index is 2.02. The lowest BCUT2D eigenvalue weighted by Crippen LogP contribution is -2.16. The summed E-state index contributed by atoms with van der Waals surface area (Å²) in [6.45, 7) is -1.83. The predicted octanol–water partition coefficient (Wildman–Crippen LogP) is 1.92. The molecule has 2 aromatic rings. The first-order valence-corrected chi connectivity index (χ1v) is 5.06. The number of halogens is 3. The predicted molar refractivity (Wildman–Crippen MR) is 54.9 cm³/mol. The molecule has 0 aliphatic heterocycles. The van der Waals surface area contributed by atoms with Crippen molar-refractivity contribution >= 4 is 0 Å². The van der Waals surface area contributed by atoms with Crippen molar-refractivity contribution < 1.29 is 27.5 Å². The molecule has 0 fully saturated rings. The summed E-state index contributed by atoms with van der Waals surface area (Å²) in [6, 6.07) is 1.43. The van der Waals surface area contributed by atoms with Gasteiger partial charge in [-0.3, -0.25) is 4.98 Å². The SMILES string of the molecule is Oc1cnccc1-c1nc(COCC(F)(F)F)no1. The van der Waals surface area contributed by atoms with Crippen molar-refractivity contribution in [2.75, 3.05) is 6.61 Å². The summed E-state index contributed by atoms with van der Waals surface area (Å²) < 4.78 is 44.7. The first-order chi connectivity index (χ1) is 8.96. The third-order valence-electron chi connectivity index (χ3n) is 2.00. The molecule has 0 aromatic carbocycles. The summed E-state index contributed by atoms with van der Waals surface area (Å²) in [4.78, 5) is 7.47. The van der Waals surface area contributed by atoms with E-state index in [2.05, 4.69) is 19.9 Å². The highest BCUT2D eigenvalue weighted by Gasteiger charge is 2.27. The maximum Gasteiger partial charge on any atom is 0.411 e. The van der Waals surface area contributed by atoms with E-state index in [1.807, 2.05) is 0 Å². The van der Waals surface area contributed by atoms with Crippen molar-refractivity contribution in [3.63, 3.8) is 0 Å². The highest BCUT2D eigenvalue weighted by atomic mass is 19.4. The van der Waals surface area contributed by atoms with Gasteiger partial charge in [0.25, 0.3) is 5.89 Å². The third kappa shape index (κ3) is 3.65. The molecule has 0 amide bonds. The highest BCUT2D eigenvalue weighted by molar-refractivity contribution is 5.60. The number of nitrogens with zero attached hydrogens (tertiary/aromatic N) is 3. The van der Waals surface area contributed by atoms with Gasteiger partial charge in [0.1, 0.15) is 19.0 Å². The number of rotatable bonds is 4. The lowest BCUT2D eigenvalue weighted by Gasteiger charge is -2.04. The van der Waals surface area contributed by atoms with Crippen LogP contribution in [-0.2, 0) is 11.3 Å². The quantitative estimate of drug-likeness (QED) is 0.918.